The van der Waals surface area contributed by atoms with Crippen LogP contribution in [0.5, 0.6) is 0 Å². The van der Waals surface area contributed by atoms with Gasteiger partial charge in [0.15, 0.2) is 0 Å². The van der Waals surface area contributed by atoms with E-state index in [9.17, 15) is 9.18 Å². The topological polar surface area (TPSA) is 68.0 Å². The van der Waals surface area contributed by atoms with Crippen LogP contribution >= 0.6 is 11.6 Å². The van der Waals surface area contributed by atoms with Gasteiger partial charge in [0.05, 0.1) is 6.04 Å². The molecule has 0 radical (unpaired) electrons. The third-order valence-electron chi connectivity index (χ3n) is 4.19. The zero-order chi connectivity index (χ0) is 19.4. The van der Waals surface area contributed by atoms with Gasteiger partial charge in [-0.05, 0) is 43.2 Å². The molecule has 0 bridgehead atoms. The number of hydrogen-bond donors (Lipinski definition) is 1. The van der Waals surface area contributed by atoms with Crippen molar-refractivity contribution in [3.05, 3.63) is 70.3 Å². The first-order valence-electron chi connectivity index (χ1n) is 8.56. The van der Waals surface area contributed by atoms with E-state index in [1.807, 2.05) is 25.1 Å². The Balaban J connectivity index is 1.56. The lowest BCUT2D eigenvalue weighted by atomic mass is 10.1. The van der Waals surface area contributed by atoms with E-state index >= 15 is 0 Å². The van der Waals surface area contributed by atoms with Gasteiger partial charge in [-0.1, -0.05) is 41.0 Å². The highest BCUT2D eigenvalue weighted by Gasteiger charge is 2.14. The molecule has 1 heterocycles. The lowest BCUT2D eigenvalue weighted by Crippen LogP contribution is -2.26. The third-order valence-corrected chi connectivity index (χ3v) is 4.43. The normalized spacial score (nSPS) is 12.0. The highest BCUT2D eigenvalue weighted by molar-refractivity contribution is 6.30. The number of hydrogen-bond acceptors (Lipinski definition) is 4. The summed E-state index contributed by atoms with van der Waals surface area (Å²) < 4.78 is 18.8. The molecule has 27 heavy (non-hydrogen) atoms. The number of nitrogens with one attached hydrogen (secondary N) is 1. The molecule has 0 spiro atoms. The fourth-order valence-electron chi connectivity index (χ4n) is 2.60. The van der Waals surface area contributed by atoms with Gasteiger partial charge in [0, 0.05) is 23.4 Å². The van der Waals surface area contributed by atoms with Crippen LogP contribution in [0.15, 0.2) is 47.0 Å². The maximum absolute atomic E-state index is 13.7. The zero-order valence-corrected chi connectivity index (χ0v) is 15.8. The molecule has 0 fully saturated rings. The van der Waals surface area contributed by atoms with Crippen molar-refractivity contribution in [1.29, 1.82) is 0 Å². The summed E-state index contributed by atoms with van der Waals surface area (Å²) in [5.74, 6) is 0.171. The van der Waals surface area contributed by atoms with E-state index in [1.54, 1.807) is 25.1 Å². The molecule has 1 amide bonds. The molecule has 0 saturated heterocycles. The fourth-order valence-corrected chi connectivity index (χ4v) is 2.80. The molecule has 0 aliphatic carbocycles. The van der Waals surface area contributed by atoms with E-state index < -0.39 is 0 Å². The Hall–Kier alpha value is -2.73. The van der Waals surface area contributed by atoms with Crippen LogP contribution in [-0.2, 0) is 11.2 Å². The molecule has 140 valence electrons. The number of aryl methyl sites for hydroxylation is 2. The van der Waals surface area contributed by atoms with E-state index in [2.05, 4.69) is 15.5 Å². The molecule has 3 aromatic rings. The molecule has 1 N–H and O–H groups in total. The standard InChI is InChI=1S/C20H19ClFN3O2/c1-12-6-7-15(11-17(12)22)20-24-19(27-25-20)9-8-18(26)23-13(2)14-4-3-5-16(21)10-14/h3-7,10-11,13H,8-9H2,1-2H3,(H,23,26). The summed E-state index contributed by atoms with van der Waals surface area (Å²) in [5.41, 5.74) is 2.01. The molecule has 3 rings (SSSR count). The quantitative estimate of drug-likeness (QED) is 0.668. The summed E-state index contributed by atoms with van der Waals surface area (Å²) in [7, 11) is 0. The van der Waals surface area contributed by atoms with Crippen molar-refractivity contribution in [2.24, 2.45) is 0 Å². The monoisotopic (exact) mass is 387 g/mol. The summed E-state index contributed by atoms with van der Waals surface area (Å²) in [6.45, 7) is 3.57. The third kappa shape index (κ3) is 4.92. The second-order valence-corrected chi connectivity index (χ2v) is 6.76. The van der Waals surface area contributed by atoms with Crippen LogP contribution in [0, 0.1) is 12.7 Å². The van der Waals surface area contributed by atoms with Gasteiger partial charge in [-0.3, -0.25) is 4.79 Å². The number of halogens is 2. The summed E-state index contributed by atoms with van der Waals surface area (Å²) in [6, 6.07) is 11.9. The maximum atomic E-state index is 13.7. The van der Waals surface area contributed by atoms with Crippen molar-refractivity contribution in [3.8, 4) is 11.4 Å². The van der Waals surface area contributed by atoms with Crippen molar-refractivity contribution in [1.82, 2.24) is 15.5 Å². The van der Waals surface area contributed by atoms with Gasteiger partial charge in [0.25, 0.3) is 0 Å². The molecule has 7 heteroatoms. The van der Waals surface area contributed by atoms with E-state index in [0.29, 0.717) is 34.3 Å². The molecule has 2 aromatic carbocycles. The summed E-state index contributed by atoms with van der Waals surface area (Å²) in [4.78, 5) is 16.4. The summed E-state index contributed by atoms with van der Waals surface area (Å²) in [6.07, 6.45) is 0.504. The summed E-state index contributed by atoms with van der Waals surface area (Å²) >= 11 is 5.97. The van der Waals surface area contributed by atoms with Gasteiger partial charge < -0.3 is 9.84 Å². The predicted octanol–water partition coefficient (Wildman–Crippen LogP) is 4.65. The first-order valence-corrected chi connectivity index (χ1v) is 8.94. The van der Waals surface area contributed by atoms with Gasteiger partial charge in [0.2, 0.25) is 17.6 Å². The number of amides is 1. The van der Waals surface area contributed by atoms with Crippen molar-refractivity contribution in [2.75, 3.05) is 0 Å². The van der Waals surface area contributed by atoms with Gasteiger partial charge >= 0.3 is 0 Å². The second-order valence-electron chi connectivity index (χ2n) is 6.32. The van der Waals surface area contributed by atoms with E-state index in [0.717, 1.165) is 5.56 Å². The Morgan fingerprint density at radius 3 is 2.85 bits per heavy atom. The fraction of sp³-hybridized carbons (Fsp3) is 0.250. The summed E-state index contributed by atoms with van der Waals surface area (Å²) in [5, 5.41) is 7.39. The Morgan fingerprint density at radius 1 is 1.30 bits per heavy atom. The molecule has 0 aliphatic heterocycles. The predicted molar refractivity (Wildman–Crippen MR) is 101 cm³/mol. The van der Waals surface area contributed by atoms with Crippen molar-refractivity contribution < 1.29 is 13.7 Å². The molecule has 0 aliphatic rings. The van der Waals surface area contributed by atoms with Gasteiger partial charge in [-0.2, -0.15) is 4.98 Å². The van der Waals surface area contributed by atoms with Crippen molar-refractivity contribution in [3.63, 3.8) is 0 Å². The molecule has 1 unspecified atom stereocenters. The lowest BCUT2D eigenvalue weighted by Gasteiger charge is -2.14. The Kier molecular flexibility index (Phi) is 5.86. The van der Waals surface area contributed by atoms with Crippen LogP contribution in [0.2, 0.25) is 5.02 Å². The van der Waals surface area contributed by atoms with Crippen molar-refractivity contribution in [2.45, 2.75) is 32.7 Å². The van der Waals surface area contributed by atoms with Crippen LogP contribution < -0.4 is 5.32 Å². The minimum Gasteiger partial charge on any atom is -0.350 e. The number of nitrogens with zero attached hydrogens (tertiary/aromatic N) is 2. The number of benzene rings is 2. The largest absolute Gasteiger partial charge is 0.350 e. The Morgan fingerprint density at radius 2 is 2.11 bits per heavy atom. The molecular formula is C20H19ClFN3O2. The van der Waals surface area contributed by atoms with Gasteiger partial charge in [-0.25, -0.2) is 4.39 Å². The molecule has 5 nitrogen and oxygen atoms in total. The van der Waals surface area contributed by atoms with E-state index in [1.165, 1.54) is 6.07 Å². The van der Waals surface area contributed by atoms with Crippen molar-refractivity contribution >= 4 is 17.5 Å². The molecule has 1 aromatic heterocycles. The minimum atomic E-state index is -0.326. The first-order chi connectivity index (χ1) is 12.9. The molecule has 1 atom stereocenters. The number of carbonyl (C=O) groups is 1. The Labute approximate surface area is 161 Å². The van der Waals surface area contributed by atoms with Crippen LogP contribution in [0.3, 0.4) is 0 Å². The number of aromatic nitrogens is 2. The van der Waals surface area contributed by atoms with Crippen LogP contribution in [0.25, 0.3) is 11.4 Å². The van der Waals surface area contributed by atoms with Gasteiger partial charge in [-0.15, -0.1) is 0 Å². The van der Waals surface area contributed by atoms with Gasteiger partial charge in [0.1, 0.15) is 5.82 Å². The highest BCUT2D eigenvalue weighted by Crippen LogP contribution is 2.20. The van der Waals surface area contributed by atoms with Crippen LogP contribution in [0.1, 0.15) is 36.4 Å². The molecule has 0 saturated carbocycles. The zero-order valence-electron chi connectivity index (χ0n) is 15.0. The van der Waals surface area contributed by atoms with E-state index in [-0.39, 0.29) is 24.2 Å². The smallest absolute Gasteiger partial charge is 0.227 e. The Bertz CT molecular complexity index is 958. The van der Waals surface area contributed by atoms with Crippen LogP contribution in [0.4, 0.5) is 4.39 Å². The number of rotatable bonds is 6. The van der Waals surface area contributed by atoms with E-state index in [4.69, 9.17) is 16.1 Å². The second kappa shape index (κ2) is 8.31. The lowest BCUT2D eigenvalue weighted by molar-refractivity contribution is -0.121. The average Bonchev–Trinajstić information content (AvgIpc) is 3.11. The highest BCUT2D eigenvalue weighted by atomic mass is 35.5. The number of carbonyl (C=O) groups excluding carboxylic acids is 1. The minimum absolute atomic E-state index is 0.136. The van der Waals surface area contributed by atoms with Crippen LogP contribution in [-0.4, -0.2) is 16.0 Å². The SMILES string of the molecule is Cc1ccc(-c2noc(CCC(=O)NC(C)c3cccc(Cl)c3)n2)cc1F. The molecular weight excluding hydrogens is 369 g/mol. The maximum Gasteiger partial charge on any atom is 0.227 e. The average molecular weight is 388 g/mol. The first kappa shape index (κ1) is 19.0.